The fourth-order valence-electron chi connectivity index (χ4n) is 3.40. The molecule has 0 atom stereocenters. The molecule has 2 aromatic rings. The summed E-state index contributed by atoms with van der Waals surface area (Å²) in [7, 11) is 0. The zero-order valence-electron chi connectivity index (χ0n) is 16.4. The Morgan fingerprint density at radius 1 is 1.21 bits per heavy atom. The highest BCUT2D eigenvalue weighted by atomic mass is 35.5. The van der Waals surface area contributed by atoms with Crippen molar-refractivity contribution in [2.45, 2.75) is 51.6 Å². The highest BCUT2D eigenvalue weighted by Crippen LogP contribution is 2.25. The number of hydrogen-bond donors (Lipinski definition) is 0. The predicted octanol–water partition coefficient (Wildman–Crippen LogP) is 4.71. The summed E-state index contributed by atoms with van der Waals surface area (Å²) >= 11 is 7.26. The van der Waals surface area contributed by atoms with Crippen LogP contribution in [0.25, 0.3) is 0 Å². The molecule has 1 aromatic heterocycles. The van der Waals surface area contributed by atoms with E-state index in [9.17, 15) is 9.59 Å². The lowest BCUT2D eigenvalue weighted by atomic mass is 9.94. The van der Waals surface area contributed by atoms with Crippen LogP contribution in [0.3, 0.4) is 0 Å². The van der Waals surface area contributed by atoms with Crippen molar-refractivity contribution >= 4 is 34.8 Å². The van der Waals surface area contributed by atoms with E-state index in [1.165, 1.54) is 17.8 Å². The Morgan fingerprint density at radius 3 is 2.62 bits per heavy atom. The van der Waals surface area contributed by atoms with E-state index in [1.807, 2.05) is 4.90 Å². The van der Waals surface area contributed by atoms with Crippen molar-refractivity contribution in [3.63, 3.8) is 0 Å². The molecule has 1 fully saturated rings. The van der Waals surface area contributed by atoms with Gasteiger partial charge in [0.2, 0.25) is 0 Å². The van der Waals surface area contributed by atoms with Crippen LogP contribution >= 0.6 is 22.9 Å². The van der Waals surface area contributed by atoms with Crippen LogP contribution in [-0.4, -0.2) is 41.0 Å². The number of halogens is 1. The molecular weight excluding hydrogens is 412 g/mol. The number of aromatic nitrogens is 1. The number of benzene rings is 1. The van der Waals surface area contributed by atoms with E-state index in [0.29, 0.717) is 29.6 Å². The maximum absolute atomic E-state index is 13.0. The molecule has 1 aliphatic rings. The Kier molecular flexibility index (Phi) is 7.89. The number of carbonyl (C=O) groups excluding carboxylic acids is 2. The first-order valence-electron chi connectivity index (χ1n) is 9.86. The van der Waals surface area contributed by atoms with Gasteiger partial charge in [-0.05, 0) is 44.0 Å². The number of thiazole rings is 1. The fraction of sp³-hybridized carbons (Fsp3) is 0.476. The summed E-state index contributed by atoms with van der Waals surface area (Å²) in [4.78, 5) is 31.1. The van der Waals surface area contributed by atoms with Crippen LogP contribution in [0.2, 0.25) is 5.02 Å². The molecule has 1 aromatic carbocycles. The van der Waals surface area contributed by atoms with Gasteiger partial charge in [-0.15, -0.1) is 11.3 Å². The molecule has 1 amide bonds. The lowest BCUT2D eigenvalue weighted by molar-refractivity contribution is -0.137. The highest BCUT2D eigenvalue weighted by molar-refractivity contribution is 7.09. The molecule has 0 aliphatic heterocycles. The minimum Gasteiger partial charge on any atom is -0.484 e. The van der Waals surface area contributed by atoms with E-state index in [1.54, 1.807) is 36.6 Å². The summed E-state index contributed by atoms with van der Waals surface area (Å²) in [5, 5.41) is 3.02. The van der Waals surface area contributed by atoms with Crippen molar-refractivity contribution in [3.8, 4) is 5.75 Å². The molecule has 3 rings (SSSR count). The molecule has 1 aliphatic carbocycles. The van der Waals surface area contributed by atoms with E-state index in [-0.39, 0.29) is 18.6 Å². The van der Waals surface area contributed by atoms with E-state index in [4.69, 9.17) is 21.1 Å². The summed E-state index contributed by atoms with van der Waals surface area (Å²) in [6, 6.07) is 7.11. The van der Waals surface area contributed by atoms with E-state index < -0.39 is 5.97 Å². The Labute approximate surface area is 179 Å². The van der Waals surface area contributed by atoms with Gasteiger partial charge >= 0.3 is 5.97 Å². The van der Waals surface area contributed by atoms with E-state index in [2.05, 4.69) is 4.98 Å². The van der Waals surface area contributed by atoms with Crippen LogP contribution < -0.4 is 4.74 Å². The number of nitrogens with zero attached hydrogens (tertiary/aromatic N) is 2. The van der Waals surface area contributed by atoms with E-state index >= 15 is 0 Å². The standard InChI is InChI=1S/C21H25ClN2O4S/c1-2-27-21(26)18-14-29-19(23-18)12-24(16-6-4-3-5-7-16)20(25)13-28-17-10-8-15(22)9-11-17/h8-11,14,16H,2-7,12-13H2,1H3. The van der Waals surface area contributed by atoms with Crippen LogP contribution in [0.1, 0.15) is 54.5 Å². The highest BCUT2D eigenvalue weighted by Gasteiger charge is 2.27. The average Bonchev–Trinajstić information content (AvgIpc) is 3.21. The second-order valence-corrected chi connectivity index (χ2v) is 8.28. The van der Waals surface area contributed by atoms with Crippen molar-refractivity contribution in [1.82, 2.24) is 9.88 Å². The summed E-state index contributed by atoms with van der Waals surface area (Å²) in [6.45, 7) is 2.39. The smallest absolute Gasteiger partial charge is 0.357 e. The molecule has 1 heterocycles. The van der Waals surface area contributed by atoms with Crippen LogP contribution in [0, 0.1) is 0 Å². The lowest BCUT2D eigenvalue weighted by Crippen LogP contribution is -2.43. The number of hydrogen-bond acceptors (Lipinski definition) is 6. The lowest BCUT2D eigenvalue weighted by Gasteiger charge is -2.33. The quantitative estimate of drug-likeness (QED) is 0.560. The molecule has 0 unspecified atom stereocenters. The number of esters is 1. The molecular formula is C21H25ClN2O4S. The topological polar surface area (TPSA) is 68.7 Å². The van der Waals surface area contributed by atoms with Crippen LogP contribution in [0.15, 0.2) is 29.6 Å². The number of ether oxygens (including phenoxy) is 2. The van der Waals surface area contributed by atoms with Gasteiger partial charge in [-0.2, -0.15) is 0 Å². The normalized spacial score (nSPS) is 14.4. The SMILES string of the molecule is CCOC(=O)c1csc(CN(C(=O)COc2ccc(Cl)cc2)C2CCCCC2)n1. The van der Waals surface area contributed by atoms with Gasteiger partial charge in [0.25, 0.3) is 5.91 Å². The maximum atomic E-state index is 13.0. The second-order valence-electron chi connectivity index (χ2n) is 6.90. The van der Waals surface area contributed by atoms with E-state index in [0.717, 1.165) is 30.7 Å². The van der Waals surface area contributed by atoms with Gasteiger partial charge in [0.15, 0.2) is 12.3 Å². The molecule has 0 spiro atoms. The Balaban J connectivity index is 1.67. The molecule has 156 valence electrons. The third kappa shape index (κ3) is 6.18. The third-order valence-corrected chi connectivity index (χ3v) is 5.94. The summed E-state index contributed by atoms with van der Waals surface area (Å²) in [5.41, 5.74) is 0.292. The van der Waals surface area contributed by atoms with Gasteiger partial charge < -0.3 is 14.4 Å². The minimum atomic E-state index is -0.434. The van der Waals surface area contributed by atoms with Crippen molar-refractivity contribution in [2.24, 2.45) is 0 Å². The zero-order valence-corrected chi connectivity index (χ0v) is 18.0. The van der Waals surface area contributed by atoms with Crippen LogP contribution in [-0.2, 0) is 16.1 Å². The van der Waals surface area contributed by atoms with Gasteiger partial charge in [-0.1, -0.05) is 30.9 Å². The molecule has 0 bridgehead atoms. The largest absolute Gasteiger partial charge is 0.484 e. The Bertz CT molecular complexity index is 818. The first kappa shape index (κ1) is 21.6. The monoisotopic (exact) mass is 436 g/mol. The number of rotatable bonds is 8. The summed E-state index contributed by atoms with van der Waals surface area (Å²) in [6.07, 6.45) is 5.37. The minimum absolute atomic E-state index is 0.0474. The number of amides is 1. The van der Waals surface area contributed by atoms with Crippen molar-refractivity contribution in [1.29, 1.82) is 0 Å². The van der Waals surface area contributed by atoms with Gasteiger partial charge in [-0.25, -0.2) is 9.78 Å². The molecule has 29 heavy (non-hydrogen) atoms. The van der Waals surface area contributed by atoms with Crippen LogP contribution in [0.4, 0.5) is 0 Å². The molecule has 0 radical (unpaired) electrons. The van der Waals surface area contributed by atoms with Gasteiger partial charge in [0.1, 0.15) is 10.8 Å². The Hall–Kier alpha value is -2.12. The second kappa shape index (κ2) is 10.6. The molecule has 8 heteroatoms. The first-order valence-corrected chi connectivity index (χ1v) is 11.1. The van der Waals surface area contributed by atoms with Crippen molar-refractivity contribution < 1.29 is 19.1 Å². The molecule has 6 nitrogen and oxygen atoms in total. The molecule has 0 N–H and O–H groups in total. The fourth-order valence-corrected chi connectivity index (χ4v) is 4.29. The number of carbonyl (C=O) groups is 2. The summed E-state index contributed by atoms with van der Waals surface area (Å²) in [5.74, 6) is 0.0848. The van der Waals surface area contributed by atoms with Crippen LogP contribution in [0.5, 0.6) is 5.75 Å². The predicted molar refractivity (Wildman–Crippen MR) is 112 cm³/mol. The van der Waals surface area contributed by atoms with Gasteiger partial charge in [0.05, 0.1) is 13.2 Å². The summed E-state index contributed by atoms with van der Waals surface area (Å²) < 4.78 is 10.7. The molecule has 0 saturated heterocycles. The van der Waals surface area contributed by atoms with Crippen molar-refractivity contribution in [3.05, 3.63) is 45.4 Å². The van der Waals surface area contributed by atoms with Crippen molar-refractivity contribution in [2.75, 3.05) is 13.2 Å². The van der Waals surface area contributed by atoms with Gasteiger partial charge in [0, 0.05) is 16.4 Å². The van der Waals surface area contributed by atoms with Gasteiger partial charge in [-0.3, -0.25) is 4.79 Å². The third-order valence-electron chi connectivity index (χ3n) is 4.85. The zero-order chi connectivity index (χ0) is 20.6. The maximum Gasteiger partial charge on any atom is 0.357 e. The molecule has 1 saturated carbocycles. The first-order chi connectivity index (χ1) is 14.1. The Morgan fingerprint density at radius 2 is 1.93 bits per heavy atom. The average molecular weight is 437 g/mol.